The van der Waals surface area contributed by atoms with E-state index in [9.17, 15) is 14.7 Å². The van der Waals surface area contributed by atoms with Gasteiger partial charge in [-0.05, 0) is 18.4 Å². The molecule has 5 heteroatoms. The van der Waals surface area contributed by atoms with Gasteiger partial charge in [0.1, 0.15) is 0 Å². The van der Waals surface area contributed by atoms with Gasteiger partial charge in [0, 0.05) is 13.0 Å². The lowest BCUT2D eigenvalue weighted by Gasteiger charge is -2.24. The van der Waals surface area contributed by atoms with Gasteiger partial charge in [-0.3, -0.25) is 9.59 Å². The molecule has 2 rings (SSSR count). The second kappa shape index (κ2) is 7.05. The van der Waals surface area contributed by atoms with Crippen LogP contribution in [0.2, 0.25) is 0 Å². The van der Waals surface area contributed by atoms with E-state index >= 15 is 0 Å². The Hall–Kier alpha value is -1.88. The average molecular weight is 276 g/mol. The first kappa shape index (κ1) is 14.5. The molecule has 0 bridgehead atoms. The fourth-order valence-corrected chi connectivity index (χ4v) is 2.34. The number of amides is 2. The molecule has 0 aliphatic carbocycles. The minimum Gasteiger partial charge on any atom is -0.394 e. The number of aliphatic hydroxyl groups excluding tert-OH is 1. The number of rotatable bonds is 5. The Bertz CT molecular complexity index is 451. The van der Waals surface area contributed by atoms with Crippen molar-refractivity contribution in [3.8, 4) is 0 Å². The third-order valence-corrected chi connectivity index (χ3v) is 3.53. The fourth-order valence-electron chi connectivity index (χ4n) is 2.34. The molecule has 0 radical (unpaired) electrons. The monoisotopic (exact) mass is 276 g/mol. The molecule has 5 nitrogen and oxygen atoms in total. The number of aliphatic hydroxyl groups is 1. The molecule has 1 aromatic rings. The lowest BCUT2D eigenvalue weighted by Crippen LogP contribution is -2.47. The molecule has 1 heterocycles. The maximum atomic E-state index is 12.1. The molecule has 1 aromatic carbocycles. The zero-order chi connectivity index (χ0) is 14.4. The second-order valence-corrected chi connectivity index (χ2v) is 5.12. The van der Waals surface area contributed by atoms with E-state index in [1.54, 1.807) is 0 Å². The zero-order valence-electron chi connectivity index (χ0n) is 11.3. The third-order valence-electron chi connectivity index (χ3n) is 3.53. The summed E-state index contributed by atoms with van der Waals surface area (Å²) in [5.41, 5.74) is 1.07. The van der Waals surface area contributed by atoms with Crippen molar-refractivity contribution in [3.63, 3.8) is 0 Å². The van der Waals surface area contributed by atoms with Crippen molar-refractivity contribution in [2.24, 2.45) is 5.92 Å². The highest BCUT2D eigenvalue weighted by molar-refractivity contribution is 5.83. The Kier molecular flexibility index (Phi) is 5.12. The van der Waals surface area contributed by atoms with E-state index in [0.717, 1.165) is 5.56 Å². The molecule has 3 N–H and O–H groups in total. The van der Waals surface area contributed by atoms with Gasteiger partial charge < -0.3 is 15.7 Å². The summed E-state index contributed by atoms with van der Waals surface area (Å²) in [7, 11) is 0. The van der Waals surface area contributed by atoms with Crippen LogP contribution in [-0.4, -0.2) is 36.1 Å². The van der Waals surface area contributed by atoms with Crippen molar-refractivity contribution < 1.29 is 14.7 Å². The van der Waals surface area contributed by atoms with Crippen LogP contribution in [0.15, 0.2) is 30.3 Å². The maximum Gasteiger partial charge on any atom is 0.225 e. The van der Waals surface area contributed by atoms with Crippen molar-refractivity contribution in [1.29, 1.82) is 0 Å². The molecule has 0 saturated carbocycles. The SMILES string of the molecule is O=C1CCC(C(=O)NC(CO)Cc2ccccc2)CN1. The highest BCUT2D eigenvalue weighted by atomic mass is 16.3. The van der Waals surface area contributed by atoms with E-state index in [0.29, 0.717) is 25.8 Å². The smallest absolute Gasteiger partial charge is 0.225 e. The molecule has 2 amide bonds. The van der Waals surface area contributed by atoms with Gasteiger partial charge in [-0.15, -0.1) is 0 Å². The van der Waals surface area contributed by atoms with Crippen LogP contribution in [0.3, 0.4) is 0 Å². The van der Waals surface area contributed by atoms with Gasteiger partial charge in [-0.1, -0.05) is 30.3 Å². The lowest BCUT2D eigenvalue weighted by molar-refractivity contribution is -0.129. The van der Waals surface area contributed by atoms with Crippen LogP contribution >= 0.6 is 0 Å². The van der Waals surface area contributed by atoms with Crippen LogP contribution in [-0.2, 0) is 16.0 Å². The maximum absolute atomic E-state index is 12.1. The summed E-state index contributed by atoms with van der Waals surface area (Å²) in [6.45, 7) is 0.286. The molecule has 0 aromatic heterocycles. The van der Waals surface area contributed by atoms with Gasteiger partial charge >= 0.3 is 0 Å². The van der Waals surface area contributed by atoms with E-state index in [1.807, 2.05) is 30.3 Å². The number of piperidine rings is 1. The summed E-state index contributed by atoms with van der Waals surface area (Å²) in [5, 5.41) is 14.9. The van der Waals surface area contributed by atoms with Crippen LogP contribution < -0.4 is 10.6 Å². The van der Waals surface area contributed by atoms with Crippen LogP contribution in [0.4, 0.5) is 0 Å². The first-order chi connectivity index (χ1) is 9.69. The molecule has 108 valence electrons. The molecular weight excluding hydrogens is 256 g/mol. The van der Waals surface area contributed by atoms with Crippen molar-refractivity contribution in [3.05, 3.63) is 35.9 Å². The largest absolute Gasteiger partial charge is 0.394 e. The Morgan fingerprint density at radius 1 is 1.40 bits per heavy atom. The van der Waals surface area contributed by atoms with E-state index in [1.165, 1.54) is 0 Å². The predicted molar refractivity (Wildman–Crippen MR) is 74.9 cm³/mol. The van der Waals surface area contributed by atoms with Gasteiger partial charge in [0.2, 0.25) is 11.8 Å². The average Bonchev–Trinajstić information content (AvgIpc) is 2.48. The number of benzene rings is 1. The van der Waals surface area contributed by atoms with Gasteiger partial charge in [-0.25, -0.2) is 0 Å². The van der Waals surface area contributed by atoms with Crippen LogP contribution in [0.25, 0.3) is 0 Å². The Labute approximate surface area is 118 Å². The highest BCUT2D eigenvalue weighted by Crippen LogP contribution is 2.11. The Morgan fingerprint density at radius 3 is 2.75 bits per heavy atom. The zero-order valence-corrected chi connectivity index (χ0v) is 11.3. The minimum absolute atomic E-state index is 0.00274. The summed E-state index contributed by atoms with van der Waals surface area (Å²) in [6.07, 6.45) is 1.56. The van der Waals surface area contributed by atoms with Crippen LogP contribution in [0.1, 0.15) is 18.4 Å². The van der Waals surface area contributed by atoms with E-state index < -0.39 is 0 Å². The lowest BCUT2D eigenvalue weighted by atomic mass is 9.97. The molecule has 1 saturated heterocycles. The third kappa shape index (κ3) is 4.06. The molecular formula is C15H20N2O3. The summed E-state index contributed by atoms with van der Waals surface area (Å²) in [6, 6.07) is 9.44. The molecule has 1 aliphatic heterocycles. The van der Waals surface area contributed by atoms with Gasteiger partial charge in [0.05, 0.1) is 18.6 Å². The van der Waals surface area contributed by atoms with Gasteiger partial charge in [0.25, 0.3) is 0 Å². The molecule has 20 heavy (non-hydrogen) atoms. The fraction of sp³-hybridized carbons (Fsp3) is 0.467. The quantitative estimate of drug-likeness (QED) is 0.720. The first-order valence-corrected chi connectivity index (χ1v) is 6.91. The number of hydrogen-bond acceptors (Lipinski definition) is 3. The summed E-state index contributed by atoms with van der Waals surface area (Å²) in [5.74, 6) is -0.297. The highest BCUT2D eigenvalue weighted by Gasteiger charge is 2.25. The Balaban J connectivity index is 1.86. The minimum atomic E-state index is -0.289. The molecule has 2 atom stereocenters. The number of nitrogens with one attached hydrogen (secondary N) is 2. The van der Waals surface area contributed by atoms with E-state index in [4.69, 9.17) is 0 Å². The molecule has 1 aliphatic rings. The van der Waals surface area contributed by atoms with Gasteiger partial charge in [0.15, 0.2) is 0 Å². The number of carbonyl (C=O) groups is 2. The molecule has 1 fully saturated rings. The summed E-state index contributed by atoms with van der Waals surface area (Å²) >= 11 is 0. The predicted octanol–water partition coefficient (Wildman–Crippen LogP) is 0.232. The van der Waals surface area contributed by atoms with Crippen LogP contribution in [0, 0.1) is 5.92 Å². The van der Waals surface area contributed by atoms with Crippen molar-refractivity contribution in [1.82, 2.24) is 10.6 Å². The Morgan fingerprint density at radius 2 is 2.15 bits per heavy atom. The number of hydrogen-bond donors (Lipinski definition) is 3. The topological polar surface area (TPSA) is 78.4 Å². The normalized spacial score (nSPS) is 20.1. The second-order valence-electron chi connectivity index (χ2n) is 5.12. The molecule has 0 spiro atoms. The standard InChI is InChI=1S/C15H20N2O3/c18-10-13(8-11-4-2-1-3-5-11)17-15(20)12-6-7-14(19)16-9-12/h1-5,12-13,18H,6-10H2,(H,16,19)(H,17,20). The van der Waals surface area contributed by atoms with Crippen LogP contribution in [0.5, 0.6) is 0 Å². The van der Waals surface area contributed by atoms with E-state index in [-0.39, 0.29) is 30.4 Å². The van der Waals surface area contributed by atoms with Crippen molar-refractivity contribution in [2.45, 2.75) is 25.3 Å². The van der Waals surface area contributed by atoms with E-state index in [2.05, 4.69) is 10.6 Å². The summed E-state index contributed by atoms with van der Waals surface area (Å²) < 4.78 is 0. The summed E-state index contributed by atoms with van der Waals surface area (Å²) in [4.78, 5) is 23.2. The van der Waals surface area contributed by atoms with Crippen molar-refractivity contribution >= 4 is 11.8 Å². The number of carbonyl (C=O) groups excluding carboxylic acids is 2. The first-order valence-electron chi connectivity index (χ1n) is 6.91. The molecule has 2 unspecified atom stereocenters. The van der Waals surface area contributed by atoms with Crippen molar-refractivity contribution in [2.75, 3.05) is 13.2 Å². The van der Waals surface area contributed by atoms with Gasteiger partial charge in [-0.2, -0.15) is 0 Å².